The number of carbonyl (C=O) groups excluding carboxylic acids is 1. The Labute approximate surface area is 136 Å². The molecule has 2 heterocycles. The normalized spacial score (nSPS) is 11.1. The molecule has 0 fully saturated rings. The SMILES string of the molecule is CCN(C)C(=O)c1cc2sccc2n1Cc1ccc(F)c(F)c1. The second-order valence-corrected chi connectivity index (χ2v) is 6.30. The van der Waals surface area contributed by atoms with Crippen LogP contribution in [0.25, 0.3) is 10.2 Å². The molecule has 0 aliphatic rings. The minimum absolute atomic E-state index is 0.0847. The van der Waals surface area contributed by atoms with Crippen LogP contribution in [-0.2, 0) is 6.54 Å². The van der Waals surface area contributed by atoms with Gasteiger partial charge in [-0.15, -0.1) is 11.3 Å². The maximum atomic E-state index is 13.4. The predicted octanol–water partition coefficient (Wildman–Crippen LogP) is 4.12. The van der Waals surface area contributed by atoms with Gasteiger partial charge in [0.2, 0.25) is 0 Å². The molecule has 0 saturated carbocycles. The van der Waals surface area contributed by atoms with Crippen LogP contribution in [0, 0.1) is 11.6 Å². The van der Waals surface area contributed by atoms with E-state index in [4.69, 9.17) is 0 Å². The maximum absolute atomic E-state index is 13.4. The number of amides is 1. The summed E-state index contributed by atoms with van der Waals surface area (Å²) in [7, 11) is 1.74. The van der Waals surface area contributed by atoms with E-state index in [1.165, 1.54) is 12.1 Å². The van der Waals surface area contributed by atoms with Crippen molar-refractivity contribution in [2.45, 2.75) is 13.5 Å². The maximum Gasteiger partial charge on any atom is 0.270 e. The molecule has 0 radical (unpaired) electrons. The summed E-state index contributed by atoms with van der Waals surface area (Å²) in [5, 5.41) is 1.95. The molecule has 1 amide bonds. The zero-order valence-corrected chi connectivity index (χ0v) is 13.7. The molecule has 2 aromatic heterocycles. The number of rotatable bonds is 4. The molecule has 0 aliphatic carbocycles. The van der Waals surface area contributed by atoms with E-state index in [1.807, 2.05) is 29.0 Å². The first-order valence-corrected chi connectivity index (χ1v) is 8.15. The fraction of sp³-hybridized carbons (Fsp3) is 0.235. The Balaban J connectivity index is 2.05. The zero-order valence-electron chi connectivity index (χ0n) is 12.8. The fourth-order valence-electron chi connectivity index (χ4n) is 2.48. The quantitative estimate of drug-likeness (QED) is 0.704. The predicted molar refractivity (Wildman–Crippen MR) is 87.9 cm³/mol. The number of benzene rings is 1. The van der Waals surface area contributed by atoms with Gasteiger partial charge < -0.3 is 9.47 Å². The van der Waals surface area contributed by atoms with Crippen molar-refractivity contribution in [2.24, 2.45) is 0 Å². The lowest BCUT2D eigenvalue weighted by molar-refractivity contribution is 0.0793. The van der Waals surface area contributed by atoms with Crippen molar-refractivity contribution >= 4 is 27.5 Å². The Hall–Kier alpha value is -2.21. The highest BCUT2D eigenvalue weighted by Crippen LogP contribution is 2.27. The van der Waals surface area contributed by atoms with Gasteiger partial charge in [0.1, 0.15) is 5.69 Å². The summed E-state index contributed by atoms with van der Waals surface area (Å²) in [6, 6.07) is 7.61. The minimum Gasteiger partial charge on any atom is -0.341 e. The largest absolute Gasteiger partial charge is 0.341 e. The lowest BCUT2D eigenvalue weighted by atomic mass is 10.2. The lowest BCUT2D eigenvalue weighted by Crippen LogP contribution is -2.28. The number of nitrogens with zero attached hydrogens (tertiary/aromatic N) is 2. The summed E-state index contributed by atoms with van der Waals surface area (Å²) >= 11 is 1.55. The third-order valence-corrected chi connectivity index (χ3v) is 4.74. The van der Waals surface area contributed by atoms with Crippen molar-refractivity contribution in [1.29, 1.82) is 0 Å². The van der Waals surface area contributed by atoms with Gasteiger partial charge in [0, 0.05) is 20.1 Å². The molecule has 0 bridgehead atoms. The Bertz CT molecular complexity index is 869. The van der Waals surface area contributed by atoms with Gasteiger partial charge in [0.05, 0.1) is 10.2 Å². The van der Waals surface area contributed by atoms with E-state index in [0.717, 1.165) is 16.3 Å². The van der Waals surface area contributed by atoms with Crippen LogP contribution in [0.4, 0.5) is 8.78 Å². The fourth-order valence-corrected chi connectivity index (χ4v) is 3.31. The molecule has 0 aliphatic heterocycles. The minimum atomic E-state index is -0.880. The van der Waals surface area contributed by atoms with Crippen LogP contribution < -0.4 is 0 Å². The van der Waals surface area contributed by atoms with Gasteiger partial charge in [-0.1, -0.05) is 6.07 Å². The second kappa shape index (κ2) is 6.12. The van der Waals surface area contributed by atoms with Crippen LogP contribution in [-0.4, -0.2) is 29.0 Å². The summed E-state index contributed by atoms with van der Waals surface area (Å²) in [5.41, 5.74) is 2.09. The van der Waals surface area contributed by atoms with E-state index >= 15 is 0 Å². The van der Waals surface area contributed by atoms with Crippen LogP contribution in [0.15, 0.2) is 35.7 Å². The highest BCUT2D eigenvalue weighted by atomic mass is 32.1. The molecular weight excluding hydrogens is 318 g/mol. The number of thiophene rings is 1. The number of aromatic nitrogens is 1. The van der Waals surface area contributed by atoms with Crippen LogP contribution in [0.3, 0.4) is 0 Å². The van der Waals surface area contributed by atoms with Gasteiger partial charge in [0.25, 0.3) is 5.91 Å². The van der Waals surface area contributed by atoms with E-state index in [-0.39, 0.29) is 5.91 Å². The standard InChI is InChI=1S/C17H16F2N2OS/c1-3-20(2)17(22)15-9-16-14(6-7-23-16)21(15)10-11-4-5-12(18)13(19)8-11/h4-9H,3,10H2,1-2H3. The number of hydrogen-bond acceptors (Lipinski definition) is 2. The van der Waals surface area contributed by atoms with E-state index in [2.05, 4.69) is 0 Å². The molecule has 6 heteroatoms. The van der Waals surface area contributed by atoms with Crippen molar-refractivity contribution in [3.63, 3.8) is 0 Å². The van der Waals surface area contributed by atoms with E-state index in [0.29, 0.717) is 24.3 Å². The Kier molecular flexibility index (Phi) is 4.17. The summed E-state index contributed by atoms with van der Waals surface area (Å²) in [6.45, 7) is 2.82. The number of hydrogen-bond donors (Lipinski definition) is 0. The first-order chi connectivity index (χ1) is 11.0. The Morgan fingerprint density at radius 2 is 2.00 bits per heavy atom. The van der Waals surface area contributed by atoms with Gasteiger partial charge in [-0.05, 0) is 42.1 Å². The molecular formula is C17H16F2N2OS. The lowest BCUT2D eigenvalue weighted by Gasteiger charge is -2.17. The van der Waals surface area contributed by atoms with Crippen molar-refractivity contribution in [2.75, 3.05) is 13.6 Å². The van der Waals surface area contributed by atoms with Crippen LogP contribution >= 0.6 is 11.3 Å². The van der Waals surface area contributed by atoms with Crippen LogP contribution in [0.2, 0.25) is 0 Å². The molecule has 23 heavy (non-hydrogen) atoms. The first-order valence-electron chi connectivity index (χ1n) is 7.27. The van der Waals surface area contributed by atoms with Gasteiger partial charge in [-0.25, -0.2) is 8.78 Å². The highest BCUT2D eigenvalue weighted by Gasteiger charge is 2.19. The number of carbonyl (C=O) groups is 1. The van der Waals surface area contributed by atoms with E-state index in [9.17, 15) is 13.6 Å². The van der Waals surface area contributed by atoms with Gasteiger partial charge in [0.15, 0.2) is 11.6 Å². The van der Waals surface area contributed by atoms with Gasteiger partial charge in [-0.3, -0.25) is 4.79 Å². The molecule has 0 unspecified atom stereocenters. The monoisotopic (exact) mass is 334 g/mol. The third-order valence-electron chi connectivity index (χ3n) is 3.89. The summed E-state index contributed by atoms with van der Waals surface area (Å²) in [6.07, 6.45) is 0. The Morgan fingerprint density at radius 3 is 2.70 bits per heavy atom. The molecule has 3 aromatic rings. The van der Waals surface area contributed by atoms with Crippen molar-refractivity contribution in [1.82, 2.24) is 9.47 Å². The summed E-state index contributed by atoms with van der Waals surface area (Å²) in [4.78, 5) is 14.2. The second-order valence-electron chi connectivity index (χ2n) is 5.35. The number of fused-ring (bicyclic) bond motifs is 1. The van der Waals surface area contributed by atoms with Crippen molar-refractivity contribution in [3.05, 3.63) is 58.6 Å². The Morgan fingerprint density at radius 1 is 1.22 bits per heavy atom. The van der Waals surface area contributed by atoms with E-state index < -0.39 is 11.6 Å². The van der Waals surface area contributed by atoms with E-state index in [1.54, 1.807) is 23.3 Å². The topological polar surface area (TPSA) is 25.2 Å². The molecule has 0 saturated heterocycles. The smallest absolute Gasteiger partial charge is 0.270 e. The molecule has 1 aromatic carbocycles. The molecule has 120 valence electrons. The molecule has 0 N–H and O–H groups in total. The van der Waals surface area contributed by atoms with Crippen LogP contribution in [0.5, 0.6) is 0 Å². The zero-order chi connectivity index (χ0) is 16.6. The number of halogens is 2. The highest BCUT2D eigenvalue weighted by molar-refractivity contribution is 7.17. The van der Waals surface area contributed by atoms with Gasteiger partial charge >= 0.3 is 0 Å². The molecule has 3 nitrogen and oxygen atoms in total. The van der Waals surface area contributed by atoms with Crippen molar-refractivity contribution in [3.8, 4) is 0 Å². The molecule has 0 spiro atoms. The summed E-state index contributed by atoms with van der Waals surface area (Å²) < 4.78 is 29.4. The summed E-state index contributed by atoms with van der Waals surface area (Å²) in [5.74, 6) is -1.84. The van der Waals surface area contributed by atoms with Crippen LogP contribution in [0.1, 0.15) is 23.0 Å². The first kappa shape index (κ1) is 15.7. The molecule has 0 atom stereocenters. The average Bonchev–Trinajstić information content (AvgIpc) is 3.12. The average molecular weight is 334 g/mol. The van der Waals surface area contributed by atoms with Crippen molar-refractivity contribution < 1.29 is 13.6 Å². The van der Waals surface area contributed by atoms with Gasteiger partial charge in [-0.2, -0.15) is 0 Å². The third kappa shape index (κ3) is 2.86. The molecule has 3 rings (SSSR count).